The summed E-state index contributed by atoms with van der Waals surface area (Å²) in [4.78, 5) is 33.7. The van der Waals surface area contributed by atoms with Crippen LogP contribution in [0.4, 0.5) is 4.79 Å². The highest BCUT2D eigenvalue weighted by Crippen LogP contribution is 2.29. The summed E-state index contributed by atoms with van der Waals surface area (Å²) in [6.07, 6.45) is 4.97. The lowest BCUT2D eigenvalue weighted by Crippen LogP contribution is -2.36. The van der Waals surface area contributed by atoms with E-state index in [0.717, 1.165) is 18.5 Å². The number of carbonyl (C=O) groups excluding carboxylic acids is 2. The van der Waals surface area contributed by atoms with Gasteiger partial charge in [0.25, 0.3) is 5.91 Å². The molecule has 0 unspecified atom stereocenters. The molecule has 1 aromatic rings. The summed E-state index contributed by atoms with van der Waals surface area (Å²) in [5.74, 6) is -0.114. The monoisotopic (exact) mass is 290 g/mol. The van der Waals surface area contributed by atoms with Crippen LogP contribution in [-0.4, -0.2) is 52.1 Å². The smallest absolute Gasteiger partial charge is 0.407 e. The van der Waals surface area contributed by atoms with Crippen molar-refractivity contribution in [1.29, 1.82) is 0 Å². The summed E-state index contributed by atoms with van der Waals surface area (Å²) in [5.41, 5.74) is 0.689. The normalized spacial score (nSPS) is 25.4. The molecular formula is C14H18N4O3. The van der Waals surface area contributed by atoms with Gasteiger partial charge in [-0.15, -0.1) is 0 Å². The number of hydrogen-bond acceptors (Lipinski definition) is 5. The van der Waals surface area contributed by atoms with Crippen LogP contribution in [0, 0.1) is 6.92 Å². The van der Waals surface area contributed by atoms with Crippen molar-refractivity contribution in [3.05, 3.63) is 23.8 Å². The lowest BCUT2D eigenvalue weighted by Gasteiger charge is -2.24. The number of carbonyl (C=O) groups is 2. The molecule has 2 saturated heterocycles. The molecule has 21 heavy (non-hydrogen) atoms. The zero-order chi connectivity index (χ0) is 14.9. The standard InChI is InChI=1S/C14H18N4O3/c1-10-7-16-11(8-15-10)12(19)18-5-2-3-14(4-6-18)9-17-13(20)21-14/h7-8H,2-6,9H2,1H3,(H,17,20)/t14-/m1/s1. The van der Waals surface area contributed by atoms with Crippen molar-refractivity contribution in [2.45, 2.75) is 31.8 Å². The number of aromatic nitrogens is 2. The molecule has 0 aliphatic carbocycles. The molecule has 112 valence electrons. The summed E-state index contributed by atoms with van der Waals surface area (Å²) < 4.78 is 5.40. The van der Waals surface area contributed by atoms with E-state index in [1.165, 1.54) is 6.20 Å². The van der Waals surface area contributed by atoms with Crippen LogP contribution < -0.4 is 5.32 Å². The minimum absolute atomic E-state index is 0.114. The lowest BCUT2D eigenvalue weighted by molar-refractivity contribution is 0.0438. The second-order valence-corrected chi connectivity index (χ2v) is 5.61. The number of nitrogens with zero attached hydrogens (tertiary/aromatic N) is 3. The van der Waals surface area contributed by atoms with Crippen LogP contribution in [0.2, 0.25) is 0 Å². The Kier molecular flexibility index (Phi) is 3.48. The van der Waals surface area contributed by atoms with Crippen LogP contribution in [0.1, 0.15) is 35.4 Å². The van der Waals surface area contributed by atoms with Gasteiger partial charge in [-0.25, -0.2) is 9.78 Å². The Morgan fingerprint density at radius 1 is 1.33 bits per heavy atom. The van der Waals surface area contributed by atoms with Gasteiger partial charge in [-0.3, -0.25) is 9.78 Å². The number of rotatable bonds is 1. The zero-order valence-electron chi connectivity index (χ0n) is 12.0. The minimum atomic E-state index is -0.453. The highest BCUT2D eigenvalue weighted by atomic mass is 16.6. The zero-order valence-corrected chi connectivity index (χ0v) is 12.0. The predicted molar refractivity (Wildman–Crippen MR) is 73.7 cm³/mol. The first-order chi connectivity index (χ1) is 10.1. The first-order valence-electron chi connectivity index (χ1n) is 7.13. The molecule has 7 nitrogen and oxygen atoms in total. The van der Waals surface area contributed by atoms with Crippen molar-refractivity contribution in [3.8, 4) is 0 Å². The van der Waals surface area contributed by atoms with Crippen LogP contribution in [-0.2, 0) is 4.74 Å². The number of nitrogens with one attached hydrogen (secondary N) is 1. The molecule has 3 heterocycles. The van der Waals surface area contributed by atoms with Crippen molar-refractivity contribution < 1.29 is 14.3 Å². The van der Waals surface area contributed by atoms with Gasteiger partial charge < -0.3 is 15.0 Å². The van der Waals surface area contributed by atoms with Crippen molar-refractivity contribution in [3.63, 3.8) is 0 Å². The summed E-state index contributed by atoms with van der Waals surface area (Å²) in [7, 11) is 0. The third-order valence-electron chi connectivity index (χ3n) is 4.05. The molecule has 1 aromatic heterocycles. The Bertz CT molecular complexity index is 560. The highest BCUT2D eigenvalue weighted by Gasteiger charge is 2.41. The molecule has 0 bridgehead atoms. The SMILES string of the molecule is Cc1cnc(C(=O)N2CCC[C@@]3(CC2)CNC(=O)O3)cn1. The van der Waals surface area contributed by atoms with Gasteiger partial charge in [-0.1, -0.05) is 0 Å². The van der Waals surface area contributed by atoms with Gasteiger partial charge in [-0.2, -0.15) is 0 Å². The molecule has 0 radical (unpaired) electrons. The quantitative estimate of drug-likeness (QED) is 0.830. The molecule has 2 fully saturated rings. The van der Waals surface area contributed by atoms with Crippen molar-refractivity contribution in [1.82, 2.24) is 20.2 Å². The predicted octanol–water partition coefficient (Wildman–Crippen LogP) is 0.890. The van der Waals surface area contributed by atoms with Gasteiger partial charge in [-0.05, 0) is 19.8 Å². The second kappa shape index (κ2) is 5.31. The lowest BCUT2D eigenvalue weighted by atomic mass is 9.95. The van der Waals surface area contributed by atoms with Gasteiger partial charge in [0, 0.05) is 25.7 Å². The largest absolute Gasteiger partial charge is 0.441 e. The Hall–Kier alpha value is -2.18. The van der Waals surface area contributed by atoms with E-state index in [1.807, 2.05) is 6.92 Å². The van der Waals surface area contributed by atoms with Crippen LogP contribution >= 0.6 is 0 Å². The Balaban J connectivity index is 1.68. The minimum Gasteiger partial charge on any atom is -0.441 e. The number of ether oxygens (including phenoxy) is 1. The maximum Gasteiger partial charge on any atom is 0.407 e. The highest BCUT2D eigenvalue weighted by molar-refractivity contribution is 5.92. The molecule has 7 heteroatoms. The first kappa shape index (κ1) is 13.8. The summed E-state index contributed by atoms with van der Waals surface area (Å²) in [6.45, 7) is 3.56. The number of alkyl carbamates (subject to hydrolysis) is 1. The number of aryl methyl sites for hydroxylation is 1. The summed E-state index contributed by atoms with van der Waals surface area (Å²) in [6, 6.07) is 0. The molecule has 2 aliphatic rings. The van der Waals surface area contributed by atoms with Crippen molar-refractivity contribution >= 4 is 12.0 Å². The van der Waals surface area contributed by atoms with Crippen molar-refractivity contribution in [2.75, 3.05) is 19.6 Å². The topological polar surface area (TPSA) is 84.4 Å². The fraction of sp³-hybridized carbons (Fsp3) is 0.571. The molecule has 1 spiro atoms. The second-order valence-electron chi connectivity index (χ2n) is 5.61. The maximum atomic E-state index is 12.4. The van der Waals surface area contributed by atoms with E-state index in [0.29, 0.717) is 31.7 Å². The van der Waals surface area contributed by atoms with E-state index in [-0.39, 0.29) is 12.0 Å². The van der Waals surface area contributed by atoms with Crippen LogP contribution in [0.5, 0.6) is 0 Å². The van der Waals surface area contributed by atoms with E-state index >= 15 is 0 Å². The Morgan fingerprint density at radius 3 is 2.86 bits per heavy atom. The fourth-order valence-corrected chi connectivity index (χ4v) is 2.82. The molecule has 1 atom stereocenters. The van der Waals surface area contributed by atoms with E-state index in [4.69, 9.17) is 4.74 Å². The Labute approximate surface area is 122 Å². The van der Waals surface area contributed by atoms with Gasteiger partial charge in [0.15, 0.2) is 0 Å². The summed E-state index contributed by atoms with van der Waals surface area (Å²) >= 11 is 0. The van der Waals surface area contributed by atoms with Crippen LogP contribution in [0.25, 0.3) is 0 Å². The van der Waals surface area contributed by atoms with E-state index in [9.17, 15) is 9.59 Å². The fourth-order valence-electron chi connectivity index (χ4n) is 2.82. The Morgan fingerprint density at radius 2 is 2.19 bits per heavy atom. The van der Waals surface area contributed by atoms with Crippen molar-refractivity contribution in [2.24, 2.45) is 0 Å². The van der Waals surface area contributed by atoms with Gasteiger partial charge >= 0.3 is 6.09 Å². The van der Waals surface area contributed by atoms with E-state index in [1.54, 1.807) is 11.1 Å². The molecule has 3 rings (SSSR count). The number of likely N-dealkylation sites (tertiary alicyclic amines) is 1. The van der Waals surface area contributed by atoms with Gasteiger partial charge in [0.05, 0.1) is 18.4 Å². The molecule has 0 saturated carbocycles. The molecular weight excluding hydrogens is 272 g/mol. The maximum absolute atomic E-state index is 12.4. The first-order valence-corrected chi connectivity index (χ1v) is 7.13. The number of hydrogen-bond donors (Lipinski definition) is 1. The van der Waals surface area contributed by atoms with Crippen LogP contribution in [0.15, 0.2) is 12.4 Å². The van der Waals surface area contributed by atoms with E-state index < -0.39 is 5.60 Å². The molecule has 1 N–H and O–H groups in total. The summed E-state index contributed by atoms with van der Waals surface area (Å²) in [5, 5.41) is 2.70. The van der Waals surface area contributed by atoms with Gasteiger partial charge in [0.2, 0.25) is 0 Å². The van der Waals surface area contributed by atoms with Crippen LogP contribution in [0.3, 0.4) is 0 Å². The third-order valence-corrected chi connectivity index (χ3v) is 4.05. The third kappa shape index (κ3) is 2.81. The molecule has 0 aromatic carbocycles. The average Bonchev–Trinajstić information content (AvgIpc) is 2.71. The molecule has 2 amide bonds. The number of amides is 2. The average molecular weight is 290 g/mol. The van der Waals surface area contributed by atoms with E-state index in [2.05, 4.69) is 15.3 Å². The molecule has 2 aliphatic heterocycles. The van der Waals surface area contributed by atoms with Gasteiger partial charge in [0.1, 0.15) is 11.3 Å².